The normalized spacial score (nSPS) is 15.3. The van der Waals surface area contributed by atoms with E-state index in [9.17, 15) is 9.59 Å². The van der Waals surface area contributed by atoms with Gasteiger partial charge in [-0.15, -0.1) is 0 Å². The number of aromatic nitrogens is 2. The minimum atomic E-state index is -0.552. The third-order valence-corrected chi connectivity index (χ3v) is 5.80. The topological polar surface area (TPSA) is 97.1 Å². The molecule has 2 N–H and O–H groups in total. The molecule has 1 aliphatic carbocycles. The Balaban J connectivity index is 1.47. The SMILES string of the molecule is CNC(=O)C(NC(=O)c1ccc(-c2ccc(-c3ccncc3)cn2)o1)C1CCCCC1. The number of nitrogens with one attached hydrogen (secondary N) is 2. The van der Waals surface area contributed by atoms with E-state index < -0.39 is 6.04 Å². The summed E-state index contributed by atoms with van der Waals surface area (Å²) in [5.41, 5.74) is 2.63. The van der Waals surface area contributed by atoms with Crippen molar-refractivity contribution in [1.29, 1.82) is 0 Å². The summed E-state index contributed by atoms with van der Waals surface area (Å²) in [4.78, 5) is 33.7. The number of nitrogens with zero attached hydrogens (tertiary/aromatic N) is 2. The Labute approximate surface area is 181 Å². The average Bonchev–Trinajstić information content (AvgIpc) is 3.34. The van der Waals surface area contributed by atoms with E-state index in [0.29, 0.717) is 11.5 Å². The van der Waals surface area contributed by atoms with Gasteiger partial charge in [0, 0.05) is 31.2 Å². The molecule has 1 atom stereocenters. The number of rotatable bonds is 6. The minimum absolute atomic E-state index is 0.148. The highest BCUT2D eigenvalue weighted by Gasteiger charge is 2.31. The van der Waals surface area contributed by atoms with Gasteiger partial charge in [-0.05, 0) is 54.7 Å². The number of carbonyl (C=O) groups is 2. The fourth-order valence-corrected chi connectivity index (χ4v) is 4.09. The van der Waals surface area contributed by atoms with Gasteiger partial charge >= 0.3 is 0 Å². The van der Waals surface area contributed by atoms with Gasteiger partial charge in [-0.1, -0.05) is 25.3 Å². The molecule has 7 nitrogen and oxygen atoms in total. The highest BCUT2D eigenvalue weighted by atomic mass is 16.4. The van der Waals surface area contributed by atoms with E-state index >= 15 is 0 Å². The number of carbonyl (C=O) groups excluding carboxylic acids is 2. The molecule has 3 aromatic heterocycles. The average molecular weight is 418 g/mol. The molecule has 0 bridgehead atoms. The maximum absolute atomic E-state index is 12.8. The molecular formula is C24H26N4O3. The summed E-state index contributed by atoms with van der Waals surface area (Å²) in [6.07, 6.45) is 10.5. The van der Waals surface area contributed by atoms with Crippen molar-refractivity contribution in [3.8, 4) is 22.6 Å². The van der Waals surface area contributed by atoms with Crippen LogP contribution >= 0.6 is 0 Å². The van der Waals surface area contributed by atoms with Crippen molar-refractivity contribution in [3.05, 3.63) is 60.7 Å². The number of furan rings is 1. The van der Waals surface area contributed by atoms with Crippen LogP contribution in [0.3, 0.4) is 0 Å². The van der Waals surface area contributed by atoms with Gasteiger partial charge in [0.2, 0.25) is 5.91 Å². The summed E-state index contributed by atoms with van der Waals surface area (Å²) in [5, 5.41) is 5.55. The van der Waals surface area contributed by atoms with E-state index in [1.807, 2.05) is 24.3 Å². The maximum atomic E-state index is 12.8. The lowest BCUT2D eigenvalue weighted by Gasteiger charge is -2.29. The first-order valence-electron chi connectivity index (χ1n) is 10.6. The molecule has 1 unspecified atom stereocenters. The quantitative estimate of drug-likeness (QED) is 0.634. The third-order valence-electron chi connectivity index (χ3n) is 5.80. The summed E-state index contributed by atoms with van der Waals surface area (Å²) < 4.78 is 5.76. The molecular weight excluding hydrogens is 392 g/mol. The summed E-state index contributed by atoms with van der Waals surface area (Å²) in [5.74, 6) is 0.258. The van der Waals surface area contributed by atoms with Gasteiger partial charge < -0.3 is 15.1 Å². The fraction of sp³-hybridized carbons (Fsp3) is 0.333. The second-order valence-corrected chi connectivity index (χ2v) is 7.80. The molecule has 4 rings (SSSR count). The van der Waals surface area contributed by atoms with Crippen molar-refractivity contribution in [1.82, 2.24) is 20.6 Å². The summed E-state index contributed by atoms with van der Waals surface area (Å²) >= 11 is 0. The molecule has 0 saturated heterocycles. The summed E-state index contributed by atoms with van der Waals surface area (Å²) in [6.45, 7) is 0. The molecule has 3 aromatic rings. The standard InChI is InChI=1S/C24H26N4O3/c1-25-24(30)22(17-5-3-2-4-6-17)28-23(29)21-10-9-20(31-21)19-8-7-18(15-27-19)16-11-13-26-14-12-16/h7-15,17,22H,2-6H2,1H3,(H,25,30)(H,28,29). The second kappa shape index (κ2) is 9.55. The van der Waals surface area contributed by atoms with Crippen LogP contribution in [0.25, 0.3) is 22.6 Å². The van der Waals surface area contributed by atoms with Crippen molar-refractivity contribution in [2.24, 2.45) is 5.92 Å². The number of likely N-dealkylation sites (N-methyl/N-ethyl adjacent to an activating group) is 1. The van der Waals surface area contributed by atoms with Crippen LogP contribution in [0, 0.1) is 5.92 Å². The molecule has 3 heterocycles. The molecule has 1 saturated carbocycles. The lowest BCUT2D eigenvalue weighted by molar-refractivity contribution is -0.124. The first-order chi connectivity index (χ1) is 15.2. The van der Waals surface area contributed by atoms with Crippen molar-refractivity contribution in [2.45, 2.75) is 38.1 Å². The predicted molar refractivity (Wildman–Crippen MR) is 117 cm³/mol. The Morgan fingerprint density at radius 3 is 2.45 bits per heavy atom. The van der Waals surface area contributed by atoms with E-state index in [-0.39, 0.29) is 23.5 Å². The fourth-order valence-electron chi connectivity index (χ4n) is 4.09. The smallest absolute Gasteiger partial charge is 0.287 e. The molecule has 31 heavy (non-hydrogen) atoms. The molecule has 0 spiro atoms. The lowest BCUT2D eigenvalue weighted by Crippen LogP contribution is -2.50. The van der Waals surface area contributed by atoms with E-state index in [4.69, 9.17) is 4.42 Å². The molecule has 1 aliphatic rings. The van der Waals surface area contributed by atoms with Crippen LogP contribution in [0.15, 0.2) is 59.4 Å². The highest BCUT2D eigenvalue weighted by Crippen LogP contribution is 2.28. The largest absolute Gasteiger partial charge is 0.449 e. The van der Waals surface area contributed by atoms with E-state index in [2.05, 4.69) is 20.6 Å². The number of pyridine rings is 2. The van der Waals surface area contributed by atoms with Gasteiger partial charge in [-0.2, -0.15) is 0 Å². The molecule has 0 radical (unpaired) electrons. The first-order valence-corrected chi connectivity index (χ1v) is 10.6. The molecule has 160 valence electrons. The Hall–Kier alpha value is -3.48. The van der Waals surface area contributed by atoms with Crippen LogP contribution in [0.2, 0.25) is 0 Å². The zero-order chi connectivity index (χ0) is 21.6. The van der Waals surface area contributed by atoms with Gasteiger partial charge in [0.1, 0.15) is 11.7 Å². The Bertz CT molecular complexity index is 1020. The van der Waals surface area contributed by atoms with Gasteiger partial charge in [0.15, 0.2) is 11.5 Å². The monoisotopic (exact) mass is 418 g/mol. The highest BCUT2D eigenvalue weighted by molar-refractivity contribution is 5.96. The molecule has 0 aliphatic heterocycles. The van der Waals surface area contributed by atoms with E-state index in [1.54, 1.807) is 37.8 Å². The predicted octanol–water partition coefficient (Wildman–Crippen LogP) is 3.83. The molecule has 1 fully saturated rings. The number of hydrogen-bond acceptors (Lipinski definition) is 5. The lowest BCUT2D eigenvalue weighted by atomic mass is 9.83. The molecule has 7 heteroatoms. The molecule has 0 aromatic carbocycles. The van der Waals surface area contributed by atoms with Crippen molar-refractivity contribution in [2.75, 3.05) is 7.05 Å². The Morgan fingerprint density at radius 1 is 1.00 bits per heavy atom. The Kier molecular flexibility index (Phi) is 6.40. The second-order valence-electron chi connectivity index (χ2n) is 7.80. The summed E-state index contributed by atoms with van der Waals surface area (Å²) in [6, 6.07) is 10.4. The van der Waals surface area contributed by atoms with Crippen molar-refractivity contribution < 1.29 is 14.0 Å². The van der Waals surface area contributed by atoms with Gasteiger partial charge in [0.05, 0.1) is 0 Å². The summed E-state index contributed by atoms with van der Waals surface area (Å²) in [7, 11) is 1.59. The van der Waals surface area contributed by atoms with Crippen LogP contribution < -0.4 is 10.6 Å². The number of amides is 2. The van der Waals surface area contributed by atoms with Crippen LogP contribution in [0.4, 0.5) is 0 Å². The van der Waals surface area contributed by atoms with E-state index in [1.165, 1.54) is 6.42 Å². The van der Waals surface area contributed by atoms with Gasteiger partial charge in [-0.3, -0.25) is 19.6 Å². The van der Waals surface area contributed by atoms with Crippen molar-refractivity contribution >= 4 is 11.8 Å². The zero-order valence-corrected chi connectivity index (χ0v) is 17.5. The maximum Gasteiger partial charge on any atom is 0.287 e. The Morgan fingerprint density at radius 2 is 1.77 bits per heavy atom. The van der Waals surface area contributed by atoms with E-state index in [0.717, 1.165) is 36.8 Å². The van der Waals surface area contributed by atoms with Crippen LogP contribution in [0.5, 0.6) is 0 Å². The van der Waals surface area contributed by atoms with Gasteiger partial charge in [0.25, 0.3) is 5.91 Å². The third kappa shape index (κ3) is 4.82. The van der Waals surface area contributed by atoms with Crippen LogP contribution in [-0.2, 0) is 4.79 Å². The van der Waals surface area contributed by atoms with Gasteiger partial charge in [-0.25, -0.2) is 0 Å². The zero-order valence-electron chi connectivity index (χ0n) is 17.5. The van der Waals surface area contributed by atoms with Crippen LogP contribution in [0.1, 0.15) is 42.7 Å². The van der Waals surface area contributed by atoms with Crippen molar-refractivity contribution in [3.63, 3.8) is 0 Å². The van der Waals surface area contributed by atoms with Crippen LogP contribution in [-0.4, -0.2) is 34.9 Å². The minimum Gasteiger partial charge on any atom is -0.449 e. The number of hydrogen-bond donors (Lipinski definition) is 2. The first kappa shape index (κ1) is 20.8. The molecule has 2 amide bonds.